The second-order valence-corrected chi connectivity index (χ2v) is 13.2. The summed E-state index contributed by atoms with van der Waals surface area (Å²) < 4.78 is 20.8. The number of carbonyl (C=O) groups excluding carboxylic acids is 4. The number of fused-ring (bicyclic) bond motifs is 2. The normalized spacial score (nSPS) is 15.6. The fraction of sp³-hybridized carbons (Fsp3) is 0.316. The summed E-state index contributed by atoms with van der Waals surface area (Å²) in [6.07, 6.45) is 7.66. The van der Waals surface area contributed by atoms with Gasteiger partial charge in [0.1, 0.15) is 23.3 Å². The number of hydrogen-bond acceptors (Lipinski definition) is 12. The van der Waals surface area contributed by atoms with Crippen molar-refractivity contribution in [2.75, 3.05) is 27.9 Å². The van der Waals surface area contributed by atoms with Crippen LogP contribution in [-0.4, -0.2) is 91.9 Å². The lowest BCUT2D eigenvalue weighted by molar-refractivity contribution is -0.136. The average molecular weight is 735 g/mol. The van der Waals surface area contributed by atoms with E-state index in [9.17, 15) is 24.0 Å². The van der Waals surface area contributed by atoms with Crippen molar-refractivity contribution in [2.24, 2.45) is 7.05 Å². The van der Waals surface area contributed by atoms with E-state index in [0.717, 1.165) is 32.7 Å². The first-order valence-corrected chi connectivity index (χ1v) is 17.3. The Balaban J connectivity index is 0.950. The van der Waals surface area contributed by atoms with Crippen LogP contribution in [0.25, 0.3) is 21.9 Å². The Bertz CT molecular complexity index is 2340. The predicted octanol–water partition coefficient (Wildman–Crippen LogP) is 2.71. The standard InChI is InChI=1S/C38H38N8O8/c1-43(20-30-32(52-3)14-22(15-33(30)53-4)29-21-44(2)36(49)28-17-39-11-10-25(28)29)18-23-19-45(42-41-23)12-5-13-54-24-6-7-26-27(16-24)38(51)46(37(26)50)31-8-9-34(47)40-35(31)48/h6-7,10-11,14-17,19,21,31H,5,8-9,12-13,18,20H2,1-4H3,(H,40,47,48). The van der Waals surface area contributed by atoms with Crippen LogP contribution in [0.2, 0.25) is 0 Å². The Labute approximate surface area is 309 Å². The van der Waals surface area contributed by atoms with Crippen molar-refractivity contribution in [3.8, 4) is 28.4 Å². The zero-order valence-corrected chi connectivity index (χ0v) is 30.2. The molecule has 1 fully saturated rings. The van der Waals surface area contributed by atoms with Gasteiger partial charge in [0.15, 0.2) is 0 Å². The van der Waals surface area contributed by atoms with Gasteiger partial charge in [-0.15, -0.1) is 5.10 Å². The molecule has 16 nitrogen and oxygen atoms in total. The van der Waals surface area contributed by atoms with Gasteiger partial charge in [-0.05, 0) is 60.8 Å². The number of nitrogens with one attached hydrogen (secondary N) is 1. The summed E-state index contributed by atoms with van der Waals surface area (Å²) in [5.74, 6) is -0.532. The average Bonchev–Trinajstić information content (AvgIpc) is 3.71. The molecule has 16 heteroatoms. The zero-order valence-electron chi connectivity index (χ0n) is 30.2. The molecule has 3 aromatic heterocycles. The second-order valence-electron chi connectivity index (χ2n) is 13.2. The van der Waals surface area contributed by atoms with E-state index < -0.39 is 29.7 Å². The van der Waals surface area contributed by atoms with Gasteiger partial charge in [-0.25, -0.2) is 0 Å². The van der Waals surface area contributed by atoms with E-state index in [2.05, 4.69) is 25.5 Å². The number of piperidine rings is 1. The highest BCUT2D eigenvalue weighted by atomic mass is 16.5. The smallest absolute Gasteiger partial charge is 0.262 e. The summed E-state index contributed by atoms with van der Waals surface area (Å²) in [5, 5.41) is 12.1. The number of aromatic nitrogens is 5. The molecule has 278 valence electrons. The summed E-state index contributed by atoms with van der Waals surface area (Å²) in [6.45, 7) is 1.84. The van der Waals surface area contributed by atoms with E-state index in [-0.39, 0.29) is 29.5 Å². The van der Waals surface area contributed by atoms with Gasteiger partial charge in [0.2, 0.25) is 11.8 Å². The molecule has 0 radical (unpaired) electrons. The van der Waals surface area contributed by atoms with E-state index in [4.69, 9.17) is 14.2 Å². The van der Waals surface area contributed by atoms with Gasteiger partial charge >= 0.3 is 0 Å². The Kier molecular flexibility index (Phi) is 9.92. The number of benzene rings is 2. The number of pyridine rings is 2. The fourth-order valence-corrected chi connectivity index (χ4v) is 6.92. The number of imide groups is 2. The lowest BCUT2D eigenvalue weighted by Gasteiger charge is -2.27. The molecule has 1 atom stereocenters. The molecule has 0 spiro atoms. The van der Waals surface area contributed by atoms with Crippen molar-refractivity contribution in [3.63, 3.8) is 0 Å². The van der Waals surface area contributed by atoms with Gasteiger partial charge < -0.3 is 18.8 Å². The van der Waals surface area contributed by atoms with Crippen LogP contribution in [0, 0.1) is 0 Å². The lowest BCUT2D eigenvalue weighted by atomic mass is 9.99. The van der Waals surface area contributed by atoms with Crippen molar-refractivity contribution in [1.82, 2.24) is 39.7 Å². The highest BCUT2D eigenvalue weighted by Gasteiger charge is 2.44. The van der Waals surface area contributed by atoms with Crippen molar-refractivity contribution in [2.45, 2.75) is 44.9 Å². The van der Waals surface area contributed by atoms with E-state index in [0.29, 0.717) is 55.3 Å². The highest BCUT2D eigenvalue weighted by Crippen LogP contribution is 2.38. The van der Waals surface area contributed by atoms with Crippen LogP contribution in [-0.2, 0) is 36.3 Å². The molecule has 54 heavy (non-hydrogen) atoms. The van der Waals surface area contributed by atoms with Crippen LogP contribution < -0.4 is 25.1 Å². The number of nitrogens with zero attached hydrogens (tertiary/aromatic N) is 7. The van der Waals surface area contributed by atoms with Gasteiger partial charge in [-0.2, -0.15) is 0 Å². The number of aryl methyl sites for hydroxylation is 2. The number of hydrogen-bond donors (Lipinski definition) is 1. The second kappa shape index (κ2) is 14.9. The van der Waals surface area contributed by atoms with Crippen LogP contribution >= 0.6 is 0 Å². The highest BCUT2D eigenvalue weighted by molar-refractivity contribution is 6.23. The van der Waals surface area contributed by atoms with Gasteiger partial charge in [-0.3, -0.25) is 48.8 Å². The van der Waals surface area contributed by atoms with E-state index in [1.54, 1.807) is 55.2 Å². The maximum atomic E-state index is 13.1. The summed E-state index contributed by atoms with van der Waals surface area (Å²) in [7, 11) is 6.91. The first-order chi connectivity index (χ1) is 26.1. The minimum atomic E-state index is -1.02. The lowest BCUT2D eigenvalue weighted by Crippen LogP contribution is -2.54. The molecule has 5 heterocycles. The van der Waals surface area contributed by atoms with E-state index in [1.165, 1.54) is 12.1 Å². The van der Waals surface area contributed by atoms with Crippen LogP contribution in [0.1, 0.15) is 51.2 Å². The number of rotatable bonds is 13. The van der Waals surface area contributed by atoms with Crippen LogP contribution in [0.15, 0.2) is 66.0 Å². The number of carbonyl (C=O) groups is 4. The first-order valence-electron chi connectivity index (χ1n) is 17.3. The Morgan fingerprint density at radius 2 is 1.67 bits per heavy atom. The minimum absolute atomic E-state index is 0.0550. The predicted molar refractivity (Wildman–Crippen MR) is 194 cm³/mol. The SMILES string of the molecule is COc1cc(-c2cn(C)c(=O)c3cnccc23)cc(OC)c1CN(C)Cc1cn(CCCOc2ccc3c(c2)C(=O)N(C2CCC(=O)NC2=O)C3=O)nn1. The number of methoxy groups -OCH3 is 2. The third-order valence-corrected chi connectivity index (χ3v) is 9.56. The molecule has 2 aliphatic rings. The molecular weight excluding hydrogens is 696 g/mol. The maximum Gasteiger partial charge on any atom is 0.262 e. The van der Waals surface area contributed by atoms with Crippen LogP contribution in [0.4, 0.5) is 0 Å². The van der Waals surface area contributed by atoms with Crippen LogP contribution in [0.3, 0.4) is 0 Å². The Morgan fingerprint density at radius 1 is 0.907 bits per heavy atom. The molecule has 1 saturated heterocycles. The largest absolute Gasteiger partial charge is 0.496 e. The molecular formula is C38H38N8O8. The number of ether oxygens (including phenoxy) is 3. The zero-order chi connectivity index (χ0) is 38.1. The maximum absolute atomic E-state index is 13.1. The minimum Gasteiger partial charge on any atom is -0.496 e. The molecule has 2 aromatic carbocycles. The van der Waals surface area contributed by atoms with Crippen molar-refractivity contribution in [3.05, 3.63) is 93.9 Å². The molecule has 1 N–H and O–H groups in total. The summed E-state index contributed by atoms with van der Waals surface area (Å²) in [6, 6.07) is 9.33. The molecule has 1 unspecified atom stereocenters. The first kappa shape index (κ1) is 36.0. The van der Waals surface area contributed by atoms with Crippen molar-refractivity contribution in [1.29, 1.82) is 0 Å². The number of amides is 4. The quantitative estimate of drug-likeness (QED) is 0.138. The molecule has 5 aromatic rings. The topological polar surface area (TPSA) is 180 Å². The summed E-state index contributed by atoms with van der Waals surface area (Å²) >= 11 is 0. The fourth-order valence-electron chi connectivity index (χ4n) is 6.92. The Hall–Kier alpha value is -6.42. The molecule has 7 rings (SSSR count). The third-order valence-electron chi connectivity index (χ3n) is 9.56. The van der Waals surface area contributed by atoms with Gasteiger partial charge in [0, 0.05) is 69.9 Å². The van der Waals surface area contributed by atoms with Crippen molar-refractivity contribution >= 4 is 34.4 Å². The van der Waals surface area contributed by atoms with E-state index >= 15 is 0 Å². The Morgan fingerprint density at radius 3 is 2.41 bits per heavy atom. The van der Waals surface area contributed by atoms with Gasteiger partial charge in [0.05, 0.1) is 48.6 Å². The molecule has 0 bridgehead atoms. The molecule has 2 aliphatic heterocycles. The monoisotopic (exact) mass is 734 g/mol. The van der Waals surface area contributed by atoms with Gasteiger partial charge in [0.25, 0.3) is 17.4 Å². The summed E-state index contributed by atoms with van der Waals surface area (Å²) in [4.78, 5) is 69.8. The molecule has 0 aliphatic carbocycles. The molecule has 0 saturated carbocycles. The van der Waals surface area contributed by atoms with Crippen LogP contribution in [0.5, 0.6) is 17.2 Å². The van der Waals surface area contributed by atoms with Gasteiger partial charge in [-0.1, -0.05) is 5.21 Å². The molecule has 4 amide bonds. The van der Waals surface area contributed by atoms with E-state index in [1.807, 2.05) is 31.4 Å². The third kappa shape index (κ3) is 6.90. The summed E-state index contributed by atoms with van der Waals surface area (Å²) in [5.41, 5.74) is 3.54. The van der Waals surface area contributed by atoms with Crippen molar-refractivity contribution < 1.29 is 33.4 Å².